The van der Waals surface area contributed by atoms with Gasteiger partial charge in [0.2, 0.25) is 11.8 Å². The third-order valence-electron chi connectivity index (χ3n) is 3.39. The highest BCUT2D eigenvalue weighted by atomic mass is 16.5. The van der Waals surface area contributed by atoms with Gasteiger partial charge in [0.1, 0.15) is 0 Å². The Balaban J connectivity index is -0.00000146. The average Bonchev–Trinajstić information content (AvgIpc) is 2.70. The van der Waals surface area contributed by atoms with E-state index in [1.54, 1.807) is 14.0 Å². The van der Waals surface area contributed by atoms with E-state index in [0.29, 0.717) is 46.2 Å². The predicted octanol–water partition coefficient (Wildman–Crippen LogP) is 2.05. The van der Waals surface area contributed by atoms with Crippen molar-refractivity contribution in [3.63, 3.8) is 0 Å². The normalized spacial score (nSPS) is 10.6. The van der Waals surface area contributed by atoms with Gasteiger partial charge in [0.15, 0.2) is 5.78 Å². The molecule has 28 heavy (non-hydrogen) atoms. The molecule has 0 bridgehead atoms. The predicted molar refractivity (Wildman–Crippen MR) is 111 cm³/mol. The molecule has 0 aromatic rings. The maximum atomic E-state index is 11.8. The van der Waals surface area contributed by atoms with Crippen LogP contribution < -0.4 is 5.32 Å². The lowest BCUT2D eigenvalue weighted by molar-refractivity contribution is -0.137. The maximum absolute atomic E-state index is 11.8. The molecule has 1 atom stereocenters. The Morgan fingerprint density at radius 3 is 1.68 bits per heavy atom. The van der Waals surface area contributed by atoms with Crippen molar-refractivity contribution in [2.24, 2.45) is 0 Å². The van der Waals surface area contributed by atoms with Crippen LogP contribution in [0, 0.1) is 0 Å². The Labute approximate surface area is 171 Å². The summed E-state index contributed by atoms with van der Waals surface area (Å²) in [5.74, 6) is -0.238. The Kier molecular flexibility index (Phi) is 26.2. The Bertz CT molecular complexity index is 391. The number of amides is 2. The average molecular weight is 407 g/mol. The quantitative estimate of drug-likeness (QED) is 0.444. The van der Waals surface area contributed by atoms with E-state index in [-0.39, 0.29) is 24.0 Å². The molecule has 8 nitrogen and oxygen atoms in total. The molecule has 0 aliphatic heterocycles. The van der Waals surface area contributed by atoms with Crippen LogP contribution in [-0.4, -0.2) is 81.8 Å². The van der Waals surface area contributed by atoms with Crippen LogP contribution in [0.25, 0.3) is 0 Å². The van der Waals surface area contributed by atoms with Crippen LogP contribution in [0.3, 0.4) is 0 Å². The van der Waals surface area contributed by atoms with E-state index in [2.05, 4.69) is 5.32 Å². The van der Waals surface area contributed by atoms with E-state index in [1.807, 2.05) is 27.7 Å². The highest BCUT2D eigenvalue weighted by Crippen LogP contribution is 2.00. The summed E-state index contributed by atoms with van der Waals surface area (Å²) >= 11 is 0. The lowest BCUT2D eigenvalue weighted by Crippen LogP contribution is -2.39. The summed E-state index contributed by atoms with van der Waals surface area (Å²) in [5, 5.41) is 2.63. The largest absolute Gasteiger partial charge is 0.379 e. The zero-order valence-electron chi connectivity index (χ0n) is 19.1. The zero-order chi connectivity index (χ0) is 22.4. The molecule has 0 rings (SSSR count). The molecule has 0 aromatic carbocycles. The van der Waals surface area contributed by atoms with Crippen molar-refractivity contribution in [2.75, 3.05) is 53.2 Å². The number of ketones is 1. The number of carbonyl (C=O) groups excluding carboxylic acids is 3. The molecule has 0 saturated heterocycles. The molecule has 2 amide bonds. The summed E-state index contributed by atoms with van der Waals surface area (Å²) in [6, 6.07) is -0.411. The molecule has 0 unspecified atom stereocenters. The van der Waals surface area contributed by atoms with Gasteiger partial charge >= 0.3 is 0 Å². The summed E-state index contributed by atoms with van der Waals surface area (Å²) in [7, 11) is 1.61. The molecule has 0 aliphatic carbocycles. The molecule has 0 aromatic heterocycles. The van der Waals surface area contributed by atoms with Crippen molar-refractivity contribution in [3.05, 3.63) is 0 Å². The van der Waals surface area contributed by atoms with Crippen molar-refractivity contribution >= 4 is 17.6 Å². The fourth-order valence-electron chi connectivity index (χ4n) is 1.67. The van der Waals surface area contributed by atoms with Gasteiger partial charge in [-0.2, -0.15) is 0 Å². The smallest absolute Gasteiger partial charge is 0.225 e. The third kappa shape index (κ3) is 20.8. The lowest BCUT2D eigenvalue weighted by atomic mass is 10.2. The third-order valence-corrected chi connectivity index (χ3v) is 3.39. The summed E-state index contributed by atoms with van der Waals surface area (Å²) < 4.78 is 15.9. The molecule has 0 fully saturated rings. The molecule has 8 heteroatoms. The first kappa shape index (κ1) is 31.2. The molecule has 0 spiro atoms. The van der Waals surface area contributed by atoms with Crippen molar-refractivity contribution in [3.8, 4) is 0 Å². The van der Waals surface area contributed by atoms with Crippen molar-refractivity contribution in [2.45, 2.75) is 60.9 Å². The molecule has 168 valence electrons. The van der Waals surface area contributed by atoms with Gasteiger partial charge in [-0.05, 0) is 13.8 Å². The molecular formula is C20H42N2O6. The number of Topliss-reactive ketones (excluding diaryl/α,β-unsaturated/α-hetero) is 1. The first-order chi connectivity index (χ1) is 13.4. The van der Waals surface area contributed by atoms with E-state index in [1.165, 1.54) is 18.7 Å². The minimum atomic E-state index is -0.411. The summed E-state index contributed by atoms with van der Waals surface area (Å²) in [6.45, 7) is 15.6. The van der Waals surface area contributed by atoms with Gasteiger partial charge in [-0.15, -0.1) is 0 Å². The van der Waals surface area contributed by atoms with Gasteiger partial charge in [-0.3, -0.25) is 14.4 Å². The number of hydrogen-bond donors (Lipinski definition) is 1. The van der Waals surface area contributed by atoms with Crippen LogP contribution in [0.4, 0.5) is 0 Å². The monoisotopic (exact) mass is 406 g/mol. The number of ether oxygens (including phenoxy) is 3. The van der Waals surface area contributed by atoms with Gasteiger partial charge in [0.05, 0.1) is 52.1 Å². The SMILES string of the molecule is CC.CC.CC(=O)NCCOCCOCCOCCC(=O)N(C)[C@H](C)C(C)=O. The summed E-state index contributed by atoms with van der Waals surface area (Å²) in [5.41, 5.74) is 0. The molecule has 0 radical (unpaired) electrons. The van der Waals surface area contributed by atoms with Gasteiger partial charge in [-0.25, -0.2) is 0 Å². The standard InChI is InChI=1S/C16H30N2O6.2C2H6/c1-13(14(2)19)18(4)16(21)5-7-22-9-11-24-12-10-23-8-6-17-15(3)20;2*1-2/h13H,5-12H2,1-4H3,(H,17,20);2*1-2H3/t13-;;/m1../s1. The number of rotatable bonds is 14. The summed E-state index contributed by atoms with van der Waals surface area (Å²) in [6.07, 6.45) is 0.236. The highest BCUT2D eigenvalue weighted by Gasteiger charge is 2.18. The van der Waals surface area contributed by atoms with E-state index in [0.717, 1.165) is 0 Å². The molecule has 0 aliphatic rings. The van der Waals surface area contributed by atoms with Crippen LogP contribution in [0.5, 0.6) is 0 Å². The van der Waals surface area contributed by atoms with Crippen molar-refractivity contribution < 1.29 is 28.6 Å². The Morgan fingerprint density at radius 1 is 0.821 bits per heavy atom. The fraction of sp³-hybridized carbons (Fsp3) is 0.850. The van der Waals surface area contributed by atoms with Gasteiger partial charge in [-0.1, -0.05) is 27.7 Å². The molecule has 0 heterocycles. The van der Waals surface area contributed by atoms with E-state index < -0.39 is 6.04 Å². The molecular weight excluding hydrogens is 364 g/mol. The Morgan fingerprint density at radius 2 is 1.25 bits per heavy atom. The number of hydrogen-bond acceptors (Lipinski definition) is 6. The van der Waals surface area contributed by atoms with Crippen LogP contribution in [0.15, 0.2) is 0 Å². The number of carbonyl (C=O) groups is 3. The Hall–Kier alpha value is -1.51. The van der Waals surface area contributed by atoms with Crippen LogP contribution in [0.1, 0.15) is 54.9 Å². The van der Waals surface area contributed by atoms with Crippen molar-refractivity contribution in [1.29, 1.82) is 0 Å². The van der Waals surface area contributed by atoms with Crippen molar-refractivity contribution in [1.82, 2.24) is 10.2 Å². The van der Waals surface area contributed by atoms with Gasteiger partial charge in [0.25, 0.3) is 0 Å². The van der Waals surface area contributed by atoms with E-state index in [9.17, 15) is 14.4 Å². The minimum absolute atomic E-state index is 0.0422. The van der Waals surface area contributed by atoms with Crippen LogP contribution >= 0.6 is 0 Å². The van der Waals surface area contributed by atoms with E-state index in [4.69, 9.17) is 14.2 Å². The second kappa shape index (κ2) is 23.5. The molecule has 1 N–H and O–H groups in total. The van der Waals surface area contributed by atoms with Crippen LogP contribution in [0.2, 0.25) is 0 Å². The first-order valence-electron chi connectivity index (χ1n) is 10.1. The summed E-state index contributed by atoms with van der Waals surface area (Å²) in [4.78, 5) is 35.1. The second-order valence-corrected chi connectivity index (χ2v) is 5.36. The maximum Gasteiger partial charge on any atom is 0.225 e. The number of nitrogens with one attached hydrogen (secondary N) is 1. The topological polar surface area (TPSA) is 94.2 Å². The second-order valence-electron chi connectivity index (χ2n) is 5.36. The minimum Gasteiger partial charge on any atom is -0.379 e. The molecule has 0 saturated carbocycles. The van der Waals surface area contributed by atoms with Gasteiger partial charge in [0, 0.05) is 20.5 Å². The highest BCUT2D eigenvalue weighted by molar-refractivity contribution is 5.87. The lowest BCUT2D eigenvalue weighted by Gasteiger charge is -2.22. The van der Waals surface area contributed by atoms with Crippen LogP contribution in [-0.2, 0) is 28.6 Å². The number of nitrogens with zero attached hydrogens (tertiary/aromatic N) is 1. The first-order valence-corrected chi connectivity index (χ1v) is 10.1. The fourth-order valence-corrected chi connectivity index (χ4v) is 1.67. The van der Waals surface area contributed by atoms with E-state index >= 15 is 0 Å². The zero-order valence-corrected chi connectivity index (χ0v) is 19.1. The van der Waals surface area contributed by atoms with Gasteiger partial charge < -0.3 is 24.4 Å². The number of likely N-dealkylation sites (N-methyl/N-ethyl adjacent to an activating group) is 1.